The lowest BCUT2D eigenvalue weighted by atomic mass is 10.2. The molecule has 1 N–H and O–H groups in total. The van der Waals surface area contributed by atoms with Crippen molar-refractivity contribution in [1.82, 2.24) is 9.78 Å². The molecule has 0 aliphatic rings. The molecular weight excluding hydrogens is 197 g/mol. The van der Waals surface area contributed by atoms with Crippen LogP contribution in [-0.4, -0.2) is 21.5 Å². The van der Waals surface area contributed by atoms with Crippen LogP contribution in [0.25, 0.3) is 0 Å². The van der Waals surface area contributed by atoms with E-state index >= 15 is 0 Å². The van der Waals surface area contributed by atoms with Gasteiger partial charge in [-0.15, -0.1) is 0 Å². The number of alkyl halides is 3. The smallest absolute Gasteiger partial charge is 0.396 e. The molecule has 1 heterocycles. The Balaban J connectivity index is 2.69. The number of rotatable bonds is 3. The summed E-state index contributed by atoms with van der Waals surface area (Å²) in [7, 11) is 0. The molecular formula is C8H11F3N2O. The lowest BCUT2D eigenvalue weighted by molar-refractivity contribution is -0.141. The largest absolute Gasteiger partial charge is 0.435 e. The van der Waals surface area contributed by atoms with E-state index in [9.17, 15) is 13.2 Å². The summed E-state index contributed by atoms with van der Waals surface area (Å²) in [6, 6.07) is 0.921. The molecule has 0 bridgehead atoms. The summed E-state index contributed by atoms with van der Waals surface area (Å²) in [6.45, 7) is 1.95. The van der Waals surface area contributed by atoms with Crippen molar-refractivity contribution >= 4 is 0 Å². The molecule has 6 heteroatoms. The summed E-state index contributed by atoms with van der Waals surface area (Å²) in [5.74, 6) is -0.101. The normalized spacial score (nSPS) is 14.4. The van der Waals surface area contributed by atoms with Crippen LogP contribution in [0.3, 0.4) is 0 Å². The van der Waals surface area contributed by atoms with E-state index in [2.05, 4.69) is 5.10 Å². The summed E-state index contributed by atoms with van der Waals surface area (Å²) in [5.41, 5.74) is -0.900. The Labute approximate surface area is 79.2 Å². The molecule has 1 aromatic heterocycles. The SMILES string of the molecule is CC(CO)Cn1ccc(C(F)(F)F)n1. The first-order valence-electron chi connectivity index (χ1n) is 4.15. The Morgan fingerprint density at radius 1 is 1.57 bits per heavy atom. The van der Waals surface area contributed by atoms with Gasteiger partial charge in [0.05, 0.1) is 0 Å². The number of aliphatic hydroxyl groups is 1. The molecule has 0 fully saturated rings. The first-order chi connectivity index (χ1) is 6.43. The fourth-order valence-corrected chi connectivity index (χ4v) is 0.992. The second kappa shape index (κ2) is 4.00. The molecule has 0 spiro atoms. The van der Waals surface area contributed by atoms with Gasteiger partial charge in [0.15, 0.2) is 5.69 Å². The Morgan fingerprint density at radius 2 is 2.21 bits per heavy atom. The van der Waals surface area contributed by atoms with E-state index in [-0.39, 0.29) is 19.1 Å². The summed E-state index contributed by atoms with van der Waals surface area (Å²) < 4.78 is 37.5. The molecule has 0 saturated carbocycles. The summed E-state index contributed by atoms with van der Waals surface area (Å²) in [5, 5.41) is 12.0. The number of aliphatic hydroxyl groups excluding tert-OH is 1. The van der Waals surface area contributed by atoms with Crippen molar-refractivity contribution < 1.29 is 18.3 Å². The zero-order chi connectivity index (χ0) is 10.8. The monoisotopic (exact) mass is 208 g/mol. The predicted octanol–water partition coefficient (Wildman–Crippen LogP) is 1.53. The predicted molar refractivity (Wildman–Crippen MR) is 43.5 cm³/mol. The average Bonchev–Trinajstić information content (AvgIpc) is 2.51. The number of nitrogens with zero attached hydrogens (tertiary/aromatic N) is 2. The highest BCUT2D eigenvalue weighted by Gasteiger charge is 2.33. The van der Waals surface area contributed by atoms with Gasteiger partial charge in [-0.25, -0.2) is 0 Å². The summed E-state index contributed by atoms with van der Waals surface area (Å²) >= 11 is 0. The van der Waals surface area contributed by atoms with Crippen LogP contribution in [0.5, 0.6) is 0 Å². The number of hydrogen-bond donors (Lipinski definition) is 1. The quantitative estimate of drug-likeness (QED) is 0.818. The number of hydrogen-bond acceptors (Lipinski definition) is 2. The van der Waals surface area contributed by atoms with Gasteiger partial charge in [-0.1, -0.05) is 6.92 Å². The van der Waals surface area contributed by atoms with Crippen LogP contribution in [0.15, 0.2) is 12.3 Å². The zero-order valence-electron chi connectivity index (χ0n) is 7.62. The summed E-state index contributed by atoms with van der Waals surface area (Å²) in [6.07, 6.45) is -3.14. The highest BCUT2D eigenvalue weighted by molar-refractivity contribution is 5.03. The van der Waals surface area contributed by atoms with Crippen LogP contribution < -0.4 is 0 Å². The Bertz CT molecular complexity index is 295. The molecule has 3 nitrogen and oxygen atoms in total. The van der Waals surface area contributed by atoms with Gasteiger partial charge in [0.1, 0.15) is 0 Å². The minimum Gasteiger partial charge on any atom is -0.396 e. The van der Waals surface area contributed by atoms with E-state index in [1.54, 1.807) is 6.92 Å². The van der Waals surface area contributed by atoms with Crippen molar-refractivity contribution in [3.63, 3.8) is 0 Å². The van der Waals surface area contributed by atoms with Crippen molar-refractivity contribution in [2.45, 2.75) is 19.6 Å². The highest BCUT2D eigenvalue weighted by atomic mass is 19.4. The Hall–Kier alpha value is -1.04. The third-order valence-corrected chi connectivity index (χ3v) is 1.74. The van der Waals surface area contributed by atoms with Gasteiger partial charge in [0.25, 0.3) is 0 Å². The Kier molecular flexibility index (Phi) is 3.15. The second-order valence-corrected chi connectivity index (χ2v) is 3.21. The van der Waals surface area contributed by atoms with Crippen molar-refractivity contribution in [3.05, 3.63) is 18.0 Å². The molecule has 1 unspecified atom stereocenters. The fourth-order valence-electron chi connectivity index (χ4n) is 0.992. The molecule has 80 valence electrons. The third kappa shape index (κ3) is 2.73. The first kappa shape index (κ1) is 11.0. The lowest BCUT2D eigenvalue weighted by Crippen LogP contribution is -2.13. The molecule has 0 saturated heterocycles. The maximum Gasteiger partial charge on any atom is 0.435 e. The van der Waals surface area contributed by atoms with Gasteiger partial charge in [-0.05, 0) is 12.0 Å². The van der Waals surface area contributed by atoms with Crippen molar-refractivity contribution in [1.29, 1.82) is 0 Å². The standard InChI is InChI=1S/C8H11F3N2O/c1-6(5-14)4-13-3-2-7(12-13)8(9,10)11/h2-3,6,14H,4-5H2,1H3. The van der Waals surface area contributed by atoms with E-state index in [1.165, 1.54) is 10.9 Å². The van der Waals surface area contributed by atoms with Gasteiger partial charge >= 0.3 is 6.18 Å². The van der Waals surface area contributed by atoms with Crippen molar-refractivity contribution in [2.24, 2.45) is 5.92 Å². The molecule has 0 radical (unpaired) electrons. The highest BCUT2D eigenvalue weighted by Crippen LogP contribution is 2.27. The van der Waals surface area contributed by atoms with Crippen LogP contribution >= 0.6 is 0 Å². The maximum absolute atomic E-state index is 12.1. The average molecular weight is 208 g/mol. The zero-order valence-corrected chi connectivity index (χ0v) is 7.62. The van der Waals surface area contributed by atoms with E-state index in [1.807, 2.05) is 0 Å². The van der Waals surface area contributed by atoms with Gasteiger partial charge in [-0.3, -0.25) is 4.68 Å². The lowest BCUT2D eigenvalue weighted by Gasteiger charge is -2.07. The van der Waals surface area contributed by atoms with Gasteiger partial charge < -0.3 is 5.11 Å². The van der Waals surface area contributed by atoms with E-state index in [4.69, 9.17) is 5.11 Å². The minimum atomic E-state index is -4.40. The third-order valence-electron chi connectivity index (χ3n) is 1.74. The van der Waals surface area contributed by atoms with Gasteiger partial charge in [0.2, 0.25) is 0 Å². The van der Waals surface area contributed by atoms with Gasteiger partial charge in [0, 0.05) is 19.3 Å². The topological polar surface area (TPSA) is 38.0 Å². The summed E-state index contributed by atoms with van der Waals surface area (Å²) in [4.78, 5) is 0. The van der Waals surface area contributed by atoms with Crippen molar-refractivity contribution in [2.75, 3.05) is 6.61 Å². The maximum atomic E-state index is 12.1. The van der Waals surface area contributed by atoms with Crippen LogP contribution in [0.4, 0.5) is 13.2 Å². The molecule has 14 heavy (non-hydrogen) atoms. The molecule has 0 aliphatic heterocycles. The molecule has 1 aromatic rings. The van der Waals surface area contributed by atoms with E-state index in [0.29, 0.717) is 0 Å². The van der Waals surface area contributed by atoms with Crippen LogP contribution in [0.1, 0.15) is 12.6 Å². The molecule has 1 atom stereocenters. The van der Waals surface area contributed by atoms with Crippen LogP contribution in [0, 0.1) is 5.92 Å². The van der Waals surface area contributed by atoms with E-state index < -0.39 is 11.9 Å². The second-order valence-electron chi connectivity index (χ2n) is 3.21. The Morgan fingerprint density at radius 3 is 2.64 bits per heavy atom. The number of aromatic nitrogens is 2. The van der Waals surface area contributed by atoms with Crippen molar-refractivity contribution in [3.8, 4) is 0 Å². The minimum absolute atomic E-state index is 0.0682. The number of halogens is 3. The van der Waals surface area contributed by atoms with Crippen LogP contribution in [-0.2, 0) is 12.7 Å². The molecule has 0 amide bonds. The fraction of sp³-hybridized carbons (Fsp3) is 0.625. The molecule has 0 aliphatic carbocycles. The molecule has 0 aromatic carbocycles. The van der Waals surface area contributed by atoms with E-state index in [0.717, 1.165) is 6.07 Å². The first-order valence-corrected chi connectivity index (χ1v) is 4.15. The van der Waals surface area contributed by atoms with Gasteiger partial charge in [-0.2, -0.15) is 18.3 Å². The van der Waals surface area contributed by atoms with Crippen LogP contribution in [0.2, 0.25) is 0 Å². The molecule has 1 rings (SSSR count).